The Labute approximate surface area is 116 Å². The Bertz CT molecular complexity index is 169. The second kappa shape index (κ2) is 14.8. The van der Waals surface area contributed by atoms with E-state index in [0.29, 0.717) is 0 Å². The Morgan fingerprint density at radius 3 is 1.83 bits per heavy atom. The van der Waals surface area contributed by atoms with Gasteiger partial charge in [0, 0.05) is 0 Å². The summed E-state index contributed by atoms with van der Waals surface area (Å²) in [4.78, 5) is 0. The molecule has 0 saturated carbocycles. The molecule has 0 heterocycles. The van der Waals surface area contributed by atoms with E-state index in [1.807, 2.05) is 0 Å². The molecule has 0 aromatic carbocycles. The maximum absolute atomic E-state index is 2.41. The van der Waals surface area contributed by atoms with E-state index in [2.05, 4.69) is 32.9 Å². The zero-order chi connectivity index (χ0) is 13.5. The lowest BCUT2D eigenvalue weighted by atomic mass is 10.0. The van der Waals surface area contributed by atoms with Crippen LogP contribution in [0.15, 0.2) is 12.2 Å². The van der Waals surface area contributed by atoms with Crippen LogP contribution in [0.1, 0.15) is 97.8 Å². The third kappa shape index (κ3) is 13.8. The number of hydrogen-bond donors (Lipinski definition) is 0. The zero-order valence-corrected chi connectivity index (χ0v) is 13.2. The third-order valence-electron chi connectivity index (χ3n) is 3.68. The van der Waals surface area contributed by atoms with E-state index in [9.17, 15) is 0 Å². The van der Waals surface area contributed by atoms with Crippen molar-refractivity contribution in [2.45, 2.75) is 97.8 Å². The Morgan fingerprint density at radius 2 is 1.28 bits per heavy atom. The summed E-state index contributed by atoms with van der Waals surface area (Å²) in [6.45, 7) is 6.88. The average Bonchev–Trinajstić information content (AvgIpc) is 2.36. The highest BCUT2D eigenvalue weighted by Gasteiger charge is 1.94. The van der Waals surface area contributed by atoms with Crippen LogP contribution in [-0.2, 0) is 0 Å². The molecule has 0 N–H and O–H groups in total. The third-order valence-corrected chi connectivity index (χ3v) is 3.68. The van der Waals surface area contributed by atoms with Crippen LogP contribution in [-0.4, -0.2) is 0 Å². The maximum atomic E-state index is 2.41. The van der Waals surface area contributed by atoms with Gasteiger partial charge in [0.05, 0.1) is 0 Å². The molecule has 0 heteroatoms. The van der Waals surface area contributed by atoms with Crippen LogP contribution in [0.5, 0.6) is 0 Å². The van der Waals surface area contributed by atoms with E-state index in [0.717, 1.165) is 5.92 Å². The normalized spacial score (nSPS) is 13.3. The summed E-state index contributed by atoms with van der Waals surface area (Å²) in [5.41, 5.74) is 0. The number of rotatable bonds is 13. The molecule has 0 bridgehead atoms. The molecule has 0 aliphatic carbocycles. The van der Waals surface area contributed by atoms with Crippen molar-refractivity contribution in [3.8, 4) is 0 Å². The standard InChI is InChI=1S/C18H36/c1-4-6-7-8-9-10-11-12-13-14-15-17-18(3)16-5-2/h15,17-18H,4-14,16H2,1-3H3/b17-15+. The van der Waals surface area contributed by atoms with Gasteiger partial charge in [-0.05, 0) is 25.2 Å². The van der Waals surface area contributed by atoms with Crippen molar-refractivity contribution < 1.29 is 0 Å². The Hall–Kier alpha value is -0.260. The van der Waals surface area contributed by atoms with Gasteiger partial charge in [-0.25, -0.2) is 0 Å². The minimum Gasteiger partial charge on any atom is -0.0883 e. The van der Waals surface area contributed by atoms with Crippen molar-refractivity contribution >= 4 is 0 Å². The molecule has 0 saturated heterocycles. The number of allylic oxidation sites excluding steroid dienone is 2. The van der Waals surface area contributed by atoms with Crippen LogP contribution in [0.25, 0.3) is 0 Å². The summed E-state index contributed by atoms with van der Waals surface area (Å²) in [6.07, 6.45) is 21.7. The summed E-state index contributed by atoms with van der Waals surface area (Å²) in [7, 11) is 0. The van der Waals surface area contributed by atoms with Crippen LogP contribution >= 0.6 is 0 Å². The second-order valence-corrected chi connectivity index (χ2v) is 5.81. The molecule has 0 radical (unpaired) electrons. The van der Waals surface area contributed by atoms with Gasteiger partial charge in [-0.15, -0.1) is 0 Å². The molecule has 0 fully saturated rings. The molecule has 0 aromatic rings. The van der Waals surface area contributed by atoms with Crippen LogP contribution < -0.4 is 0 Å². The lowest BCUT2D eigenvalue weighted by Crippen LogP contribution is -1.87. The summed E-state index contributed by atoms with van der Waals surface area (Å²) < 4.78 is 0. The predicted octanol–water partition coefficient (Wildman–Crippen LogP) is 6.90. The monoisotopic (exact) mass is 252 g/mol. The smallest absolute Gasteiger partial charge is 0.0262 e. The van der Waals surface area contributed by atoms with Crippen LogP contribution in [0.2, 0.25) is 0 Å². The van der Waals surface area contributed by atoms with Crippen LogP contribution in [0.3, 0.4) is 0 Å². The summed E-state index contributed by atoms with van der Waals surface area (Å²) in [6, 6.07) is 0. The molecule has 0 aliphatic rings. The van der Waals surface area contributed by atoms with Crippen molar-refractivity contribution in [2.24, 2.45) is 5.92 Å². The van der Waals surface area contributed by atoms with E-state index in [1.165, 1.54) is 77.0 Å². The van der Waals surface area contributed by atoms with E-state index in [-0.39, 0.29) is 0 Å². The van der Waals surface area contributed by atoms with Gasteiger partial charge < -0.3 is 0 Å². The quantitative estimate of drug-likeness (QED) is 0.247. The predicted molar refractivity (Wildman–Crippen MR) is 85.1 cm³/mol. The molecule has 1 atom stereocenters. The molecule has 0 nitrogen and oxygen atoms in total. The Balaban J connectivity index is 3.11. The highest BCUT2D eigenvalue weighted by Crippen LogP contribution is 2.12. The first-order chi connectivity index (χ1) is 8.81. The Morgan fingerprint density at radius 1 is 0.722 bits per heavy atom. The van der Waals surface area contributed by atoms with Crippen LogP contribution in [0, 0.1) is 5.92 Å². The fraction of sp³-hybridized carbons (Fsp3) is 0.889. The first-order valence-electron chi connectivity index (χ1n) is 8.47. The molecule has 108 valence electrons. The van der Waals surface area contributed by atoms with Gasteiger partial charge in [0.2, 0.25) is 0 Å². The molecule has 0 rings (SSSR count). The molecule has 0 aliphatic heterocycles. The second-order valence-electron chi connectivity index (χ2n) is 5.81. The molecule has 18 heavy (non-hydrogen) atoms. The van der Waals surface area contributed by atoms with Crippen LogP contribution in [0.4, 0.5) is 0 Å². The molecule has 0 amide bonds. The van der Waals surface area contributed by atoms with E-state index >= 15 is 0 Å². The van der Waals surface area contributed by atoms with E-state index in [4.69, 9.17) is 0 Å². The van der Waals surface area contributed by atoms with Gasteiger partial charge in [-0.3, -0.25) is 0 Å². The first-order valence-corrected chi connectivity index (χ1v) is 8.47. The summed E-state index contributed by atoms with van der Waals surface area (Å²) in [5.74, 6) is 0.786. The largest absolute Gasteiger partial charge is 0.0883 e. The molecular formula is C18H36. The number of hydrogen-bond acceptors (Lipinski definition) is 0. The SMILES string of the molecule is CCCCCCCCCCC/C=C/C(C)CCC. The first kappa shape index (κ1) is 17.7. The maximum Gasteiger partial charge on any atom is -0.0262 e. The van der Waals surface area contributed by atoms with E-state index in [1.54, 1.807) is 0 Å². The summed E-state index contributed by atoms with van der Waals surface area (Å²) >= 11 is 0. The van der Waals surface area contributed by atoms with Gasteiger partial charge in [0.1, 0.15) is 0 Å². The molecule has 0 spiro atoms. The Kier molecular flexibility index (Phi) is 14.6. The number of unbranched alkanes of at least 4 members (excludes halogenated alkanes) is 9. The lowest BCUT2D eigenvalue weighted by molar-refractivity contribution is 0.565. The molecule has 1 unspecified atom stereocenters. The topological polar surface area (TPSA) is 0 Å². The van der Waals surface area contributed by atoms with Crippen molar-refractivity contribution in [2.75, 3.05) is 0 Å². The van der Waals surface area contributed by atoms with E-state index < -0.39 is 0 Å². The van der Waals surface area contributed by atoms with Crippen molar-refractivity contribution in [1.82, 2.24) is 0 Å². The molecule has 0 aromatic heterocycles. The van der Waals surface area contributed by atoms with Crippen molar-refractivity contribution in [3.05, 3.63) is 12.2 Å². The highest BCUT2D eigenvalue weighted by atomic mass is 14.0. The van der Waals surface area contributed by atoms with Crippen molar-refractivity contribution in [3.63, 3.8) is 0 Å². The van der Waals surface area contributed by atoms with Gasteiger partial charge in [-0.1, -0.05) is 90.7 Å². The summed E-state index contributed by atoms with van der Waals surface area (Å²) in [5, 5.41) is 0. The lowest BCUT2D eigenvalue weighted by Gasteiger charge is -2.03. The highest BCUT2D eigenvalue weighted by molar-refractivity contribution is 4.85. The average molecular weight is 252 g/mol. The fourth-order valence-electron chi connectivity index (χ4n) is 2.45. The minimum atomic E-state index is 0.786. The molecular weight excluding hydrogens is 216 g/mol. The fourth-order valence-corrected chi connectivity index (χ4v) is 2.45. The zero-order valence-electron chi connectivity index (χ0n) is 13.2. The van der Waals surface area contributed by atoms with Gasteiger partial charge in [0.25, 0.3) is 0 Å². The van der Waals surface area contributed by atoms with Gasteiger partial charge in [-0.2, -0.15) is 0 Å². The van der Waals surface area contributed by atoms with Crippen molar-refractivity contribution in [1.29, 1.82) is 0 Å². The van der Waals surface area contributed by atoms with Gasteiger partial charge in [0.15, 0.2) is 0 Å². The minimum absolute atomic E-state index is 0.786. The van der Waals surface area contributed by atoms with Gasteiger partial charge >= 0.3 is 0 Å².